The molecule has 0 fully saturated rings. The van der Waals surface area contributed by atoms with Gasteiger partial charge in [0.2, 0.25) is 6.54 Å². The van der Waals surface area contributed by atoms with E-state index in [9.17, 15) is 9.59 Å². The van der Waals surface area contributed by atoms with Crippen LogP contribution in [0.25, 0.3) is 0 Å². The van der Waals surface area contributed by atoms with Gasteiger partial charge in [-0.05, 0) is 25.3 Å². The van der Waals surface area contributed by atoms with Crippen molar-refractivity contribution < 1.29 is 18.9 Å². The van der Waals surface area contributed by atoms with E-state index in [4.69, 9.17) is 4.74 Å². The summed E-state index contributed by atoms with van der Waals surface area (Å²) in [5.74, 6) is -0.320. The molecule has 0 spiro atoms. The minimum absolute atomic E-state index is 0.0224. The van der Waals surface area contributed by atoms with E-state index < -0.39 is 0 Å². The molecule has 0 radical (unpaired) electrons. The van der Waals surface area contributed by atoms with Crippen molar-refractivity contribution in [3.05, 3.63) is 30.1 Å². The first kappa shape index (κ1) is 15.3. The van der Waals surface area contributed by atoms with Gasteiger partial charge in [0.1, 0.15) is 6.10 Å². The van der Waals surface area contributed by atoms with Gasteiger partial charge in [0.15, 0.2) is 18.2 Å². The number of esters is 1. The summed E-state index contributed by atoms with van der Waals surface area (Å²) in [6.45, 7) is 9.56. The Morgan fingerprint density at radius 3 is 2.53 bits per heavy atom. The molecule has 1 heterocycles. The molecule has 0 N–H and O–H groups in total. The molecule has 4 nitrogen and oxygen atoms in total. The number of Topliss-reactive ketones (excluding diaryl/α,β-unsaturated/α-hetero) is 1. The fourth-order valence-corrected chi connectivity index (χ4v) is 1.39. The molecule has 1 rings (SSSR count). The first-order valence-corrected chi connectivity index (χ1v) is 6.39. The van der Waals surface area contributed by atoms with Crippen LogP contribution in [0.5, 0.6) is 0 Å². The Balaban J connectivity index is 2.67. The summed E-state index contributed by atoms with van der Waals surface area (Å²) in [6.07, 6.45) is 3.25. The number of pyridine rings is 1. The topological polar surface area (TPSA) is 47.2 Å². The Labute approximate surface area is 114 Å². The van der Waals surface area contributed by atoms with Crippen LogP contribution in [0.2, 0.25) is 0 Å². The first-order valence-electron chi connectivity index (χ1n) is 6.39. The summed E-state index contributed by atoms with van der Waals surface area (Å²) in [5.41, 5.74) is 0.501. The van der Waals surface area contributed by atoms with Gasteiger partial charge in [-0.3, -0.25) is 4.79 Å². The number of carbonyl (C=O) groups excluding carboxylic acids is 2. The standard InChI is InChI=1S/C15H22NO3/c1-11(17)13-7-6-8-16(9-13)10-14(18)19-12(2)15(3,4)5/h6-9,12H,10H2,1-5H3/q+1/t12-/m1/s1. The fraction of sp³-hybridized carbons (Fsp3) is 0.533. The zero-order chi connectivity index (χ0) is 14.6. The maximum Gasteiger partial charge on any atom is 0.372 e. The number of nitrogens with zero attached hydrogens (tertiary/aromatic N) is 1. The largest absolute Gasteiger partial charge is 0.457 e. The monoisotopic (exact) mass is 264 g/mol. The molecule has 0 aliphatic heterocycles. The van der Waals surface area contributed by atoms with Crippen molar-refractivity contribution in [3.8, 4) is 0 Å². The Hall–Kier alpha value is -1.71. The lowest BCUT2D eigenvalue weighted by molar-refractivity contribution is -0.686. The molecule has 19 heavy (non-hydrogen) atoms. The van der Waals surface area contributed by atoms with Gasteiger partial charge in [-0.25, -0.2) is 4.79 Å². The van der Waals surface area contributed by atoms with E-state index in [1.54, 1.807) is 29.1 Å². The van der Waals surface area contributed by atoms with Crippen LogP contribution in [0.4, 0.5) is 0 Å². The summed E-state index contributed by atoms with van der Waals surface area (Å²) < 4.78 is 7.04. The fourth-order valence-electron chi connectivity index (χ4n) is 1.39. The highest BCUT2D eigenvalue weighted by molar-refractivity contribution is 5.93. The lowest BCUT2D eigenvalue weighted by atomic mass is 9.90. The minimum Gasteiger partial charge on any atom is -0.457 e. The summed E-state index contributed by atoms with van der Waals surface area (Å²) in [5, 5.41) is 0. The van der Waals surface area contributed by atoms with E-state index in [-0.39, 0.29) is 29.8 Å². The Kier molecular flexibility index (Phi) is 4.81. The molecule has 104 valence electrons. The Morgan fingerprint density at radius 2 is 2.00 bits per heavy atom. The lowest BCUT2D eigenvalue weighted by Gasteiger charge is -2.26. The molecule has 1 atom stereocenters. The van der Waals surface area contributed by atoms with Crippen LogP contribution in [-0.2, 0) is 16.1 Å². The molecule has 0 aliphatic rings. The second kappa shape index (κ2) is 5.95. The van der Waals surface area contributed by atoms with Crippen molar-refractivity contribution in [1.29, 1.82) is 0 Å². The predicted octanol–water partition coefficient (Wildman–Crippen LogP) is 2.15. The Bertz CT molecular complexity index is 475. The predicted molar refractivity (Wildman–Crippen MR) is 71.7 cm³/mol. The van der Waals surface area contributed by atoms with Crippen LogP contribution in [0, 0.1) is 5.41 Å². The van der Waals surface area contributed by atoms with E-state index in [0.29, 0.717) is 5.56 Å². The van der Waals surface area contributed by atoms with Crippen LogP contribution in [0.15, 0.2) is 24.5 Å². The van der Waals surface area contributed by atoms with Crippen molar-refractivity contribution in [1.82, 2.24) is 0 Å². The van der Waals surface area contributed by atoms with Gasteiger partial charge in [-0.1, -0.05) is 20.8 Å². The van der Waals surface area contributed by atoms with Gasteiger partial charge in [-0.15, -0.1) is 0 Å². The molecular formula is C15H22NO3+. The molecule has 0 amide bonds. The molecule has 0 aliphatic carbocycles. The summed E-state index contributed by atoms with van der Waals surface area (Å²) in [7, 11) is 0. The number of ketones is 1. The summed E-state index contributed by atoms with van der Waals surface area (Å²) in [6, 6.07) is 3.47. The summed E-state index contributed by atoms with van der Waals surface area (Å²) in [4.78, 5) is 23.1. The highest BCUT2D eigenvalue weighted by Gasteiger charge is 2.25. The highest BCUT2D eigenvalue weighted by Crippen LogP contribution is 2.21. The van der Waals surface area contributed by atoms with E-state index in [2.05, 4.69) is 0 Å². The van der Waals surface area contributed by atoms with Crippen molar-refractivity contribution in [2.75, 3.05) is 0 Å². The Morgan fingerprint density at radius 1 is 1.37 bits per heavy atom. The van der Waals surface area contributed by atoms with Gasteiger partial charge in [0, 0.05) is 6.07 Å². The minimum atomic E-state index is -0.298. The molecule has 0 aromatic carbocycles. The lowest BCUT2D eigenvalue weighted by Crippen LogP contribution is -2.41. The maximum atomic E-state index is 11.8. The molecular weight excluding hydrogens is 242 g/mol. The van der Waals surface area contributed by atoms with Gasteiger partial charge >= 0.3 is 5.97 Å². The second-order valence-electron chi connectivity index (χ2n) is 5.82. The number of carbonyl (C=O) groups is 2. The number of ether oxygens (including phenoxy) is 1. The SMILES string of the molecule is CC(=O)c1ccc[n+](CC(=O)O[C@H](C)C(C)(C)C)c1. The third kappa shape index (κ3) is 4.81. The third-order valence-electron chi connectivity index (χ3n) is 3.10. The van der Waals surface area contributed by atoms with Crippen LogP contribution < -0.4 is 4.57 Å². The van der Waals surface area contributed by atoms with Crippen molar-refractivity contribution in [2.24, 2.45) is 5.41 Å². The van der Waals surface area contributed by atoms with Crippen molar-refractivity contribution >= 4 is 11.8 Å². The third-order valence-corrected chi connectivity index (χ3v) is 3.10. The molecule has 0 unspecified atom stereocenters. The quantitative estimate of drug-likeness (QED) is 0.475. The number of hydrogen-bond donors (Lipinski definition) is 0. The van der Waals surface area contributed by atoms with E-state index in [0.717, 1.165) is 0 Å². The molecule has 0 saturated carbocycles. The molecule has 1 aromatic rings. The zero-order valence-electron chi connectivity index (χ0n) is 12.3. The highest BCUT2D eigenvalue weighted by atomic mass is 16.5. The number of hydrogen-bond acceptors (Lipinski definition) is 3. The van der Waals surface area contributed by atoms with Gasteiger partial charge < -0.3 is 4.74 Å². The number of aromatic nitrogens is 1. The van der Waals surface area contributed by atoms with E-state index >= 15 is 0 Å². The van der Waals surface area contributed by atoms with Crippen LogP contribution in [0.1, 0.15) is 45.0 Å². The van der Waals surface area contributed by atoms with Crippen molar-refractivity contribution in [2.45, 2.75) is 47.3 Å². The average Bonchev–Trinajstić information content (AvgIpc) is 2.27. The average molecular weight is 264 g/mol. The maximum absolute atomic E-state index is 11.8. The molecule has 0 saturated heterocycles. The second-order valence-corrected chi connectivity index (χ2v) is 5.82. The van der Waals surface area contributed by atoms with E-state index in [1.807, 2.05) is 27.7 Å². The molecule has 1 aromatic heterocycles. The van der Waals surface area contributed by atoms with E-state index in [1.165, 1.54) is 6.92 Å². The van der Waals surface area contributed by atoms with Gasteiger partial charge in [-0.2, -0.15) is 4.57 Å². The molecule has 0 bridgehead atoms. The molecule has 4 heteroatoms. The van der Waals surface area contributed by atoms with Crippen LogP contribution in [-0.4, -0.2) is 17.9 Å². The number of rotatable bonds is 4. The van der Waals surface area contributed by atoms with Crippen LogP contribution >= 0.6 is 0 Å². The zero-order valence-corrected chi connectivity index (χ0v) is 12.3. The van der Waals surface area contributed by atoms with Crippen molar-refractivity contribution in [3.63, 3.8) is 0 Å². The van der Waals surface area contributed by atoms with Crippen LogP contribution in [0.3, 0.4) is 0 Å². The van der Waals surface area contributed by atoms with Gasteiger partial charge in [0.25, 0.3) is 0 Å². The first-order chi connectivity index (χ1) is 8.70. The normalized spacial score (nSPS) is 12.9. The summed E-state index contributed by atoms with van der Waals surface area (Å²) >= 11 is 0. The van der Waals surface area contributed by atoms with Gasteiger partial charge in [0.05, 0.1) is 5.56 Å². The smallest absolute Gasteiger partial charge is 0.372 e.